The highest BCUT2D eigenvalue weighted by Crippen LogP contribution is 2.21. The zero-order valence-electron chi connectivity index (χ0n) is 13.5. The van der Waals surface area contributed by atoms with E-state index in [9.17, 15) is 9.59 Å². The third-order valence-corrected chi connectivity index (χ3v) is 3.92. The minimum Gasteiger partial charge on any atom is -0.340 e. The number of halogens is 2. The number of rotatable bonds is 5. The van der Waals surface area contributed by atoms with Crippen LogP contribution in [0.15, 0.2) is 30.5 Å². The number of anilines is 1. The Morgan fingerprint density at radius 2 is 1.92 bits per heavy atom. The standard InChI is InChI=1S/C16H18Cl2N4O2/c1-9(2)14(16(24)19-13-6-7-22(3)21-13)20-15(23)11-5-4-10(17)8-12(11)18/h4-9,14H,1-3H3,(H,20,23)(H,19,21,24). The van der Waals surface area contributed by atoms with Crippen LogP contribution < -0.4 is 10.6 Å². The average molecular weight is 369 g/mol. The van der Waals surface area contributed by atoms with Gasteiger partial charge in [-0.15, -0.1) is 0 Å². The van der Waals surface area contributed by atoms with Gasteiger partial charge >= 0.3 is 0 Å². The van der Waals surface area contributed by atoms with Crippen LogP contribution in [0.25, 0.3) is 0 Å². The lowest BCUT2D eigenvalue weighted by molar-refractivity contribution is -0.118. The fourth-order valence-corrected chi connectivity index (χ4v) is 2.61. The van der Waals surface area contributed by atoms with E-state index >= 15 is 0 Å². The Labute approximate surface area is 150 Å². The van der Waals surface area contributed by atoms with E-state index in [1.165, 1.54) is 12.1 Å². The number of aryl methyl sites for hydroxylation is 1. The van der Waals surface area contributed by atoms with Crippen LogP contribution in [-0.4, -0.2) is 27.6 Å². The Hall–Kier alpha value is -2.05. The molecule has 8 heteroatoms. The summed E-state index contributed by atoms with van der Waals surface area (Å²) in [6, 6.07) is 5.52. The molecule has 24 heavy (non-hydrogen) atoms. The molecule has 1 atom stereocenters. The molecule has 2 aromatic rings. The van der Waals surface area contributed by atoms with Gasteiger partial charge in [0.05, 0.1) is 10.6 Å². The topological polar surface area (TPSA) is 76.0 Å². The maximum atomic E-state index is 12.4. The Morgan fingerprint density at radius 3 is 2.46 bits per heavy atom. The van der Waals surface area contributed by atoms with Gasteiger partial charge in [0.1, 0.15) is 6.04 Å². The molecule has 0 radical (unpaired) electrons. The summed E-state index contributed by atoms with van der Waals surface area (Å²) in [5.74, 6) is -0.482. The second kappa shape index (κ2) is 7.68. The molecule has 0 fully saturated rings. The Balaban J connectivity index is 2.12. The molecule has 0 aliphatic carbocycles. The maximum Gasteiger partial charge on any atom is 0.253 e. The number of nitrogens with zero attached hydrogens (tertiary/aromatic N) is 2. The lowest BCUT2D eigenvalue weighted by Gasteiger charge is -2.21. The van der Waals surface area contributed by atoms with Gasteiger partial charge in [-0.2, -0.15) is 5.10 Å². The summed E-state index contributed by atoms with van der Waals surface area (Å²) >= 11 is 11.9. The molecule has 0 saturated carbocycles. The number of carbonyl (C=O) groups is 2. The van der Waals surface area contributed by atoms with Crippen LogP contribution >= 0.6 is 23.2 Å². The first-order chi connectivity index (χ1) is 11.3. The predicted octanol–water partition coefficient (Wildman–Crippen LogP) is 3.12. The number of hydrogen-bond acceptors (Lipinski definition) is 3. The van der Waals surface area contributed by atoms with Crippen molar-refractivity contribution in [3.05, 3.63) is 46.1 Å². The van der Waals surface area contributed by atoms with Gasteiger partial charge in [0.15, 0.2) is 5.82 Å². The van der Waals surface area contributed by atoms with Crippen LogP contribution in [0.4, 0.5) is 5.82 Å². The van der Waals surface area contributed by atoms with E-state index in [0.717, 1.165) is 0 Å². The third kappa shape index (κ3) is 4.49. The van der Waals surface area contributed by atoms with Crippen LogP contribution in [0, 0.1) is 5.92 Å². The fourth-order valence-electron chi connectivity index (χ4n) is 2.11. The van der Waals surface area contributed by atoms with Crippen molar-refractivity contribution in [1.82, 2.24) is 15.1 Å². The molecule has 0 aliphatic heterocycles. The molecule has 2 amide bonds. The number of nitrogens with one attached hydrogen (secondary N) is 2. The lowest BCUT2D eigenvalue weighted by atomic mass is 10.0. The summed E-state index contributed by atoms with van der Waals surface area (Å²) in [5, 5.41) is 10.1. The molecule has 2 N–H and O–H groups in total. The predicted molar refractivity (Wildman–Crippen MR) is 94.4 cm³/mol. The van der Waals surface area contributed by atoms with Crippen molar-refractivity contribution in [2.75, 3.05) is 5.32 Å². The first-order valence-corrected chi connectivity index (χ1v) is 8.10. The van der Waals surface area contributed by atoms with Gasteiger partial charge in [0.25, 0.3) is 5.91 Å². The lowest BCUT2D eigenvalue weighted by Crippen LogP contribution is -2.47. The highest BCUT2D eigenvalue weighted by molar-refractivity contribution is 6.36. The highest BCUT2D eigenvalue weighted by Gasteiger charge is 2.26. The number of aromatic nitrogens is 2. The normalized spacial score (nSPS) is 12.1. The summed E-state index contributed by atoms with van der Waals surface area (Å²) in [7, 11) is 1.75. The number of carbonyl (C=O) groups excluding carboxylic acids is 2. The van der Waals surface area contributed by atoms with E-state index < -0.39 is 11.9 Å². The summed E-state index contributed by atoms with van der Waals surface area (Å²) in [6.07, 6.45) is 1.71. The van der Waals surface area contributed by atoms with Gasteiger partial charge in [-0.25, -0.2) is 0 Å². The molecule has 2 rings (SSSR count). The molecular weight excluding hydrogens is 351 g/mol. The largest absolute Gasteiger partial charge is 0.340 e. The quantitative estimate of drug-likeness (QED) is 0.850. The molecule has 6 nitrogen and oxygen atoms in total. The zero-order valence-corrected chi connectivity index (χ0v) is 15.0. The second-order valence-electron chi connectivity index (χ2n) is 5.68. The monoisotopic (exact) mass is 368 g/mol. The molecule has 128 valence electrons. The number of amides is 2. The summed E-state index contributed by atoms with van der Waals surface area (Å²) < 4.78 is 1.58. The molecule has 1 unspecified atom stereocenters. The van der Waals surface area contributed by atoms with Gasteiger partial charge < -0.3 is 10.6 Å². The fraction of sp³-hybridized carbons (Fsp3) is 0.312. The minimum absolute atomic E-state index is 0.122. The first kappa shape index (κ1) is 18.3. The summed E-state index contributed by atoms with van der Waals surface area (Å²) in [6.45, 7) is 3.68. The molecule has 1 heterocycles. The summed E-state index contributed by atoms with van der Waals surface area (Å²) in [5.41, 5.74) is 0.261. The van der Waals surface area contributed by atoms with E-state index in [2.05, 4.69) is 15.7 Å². The number of benzene rings is 1. The van der Waals surface area contributed by atoms with E-state index in [1.54, 1.807) is 30.1 Å². The van der Waals surface area contributed by atoms with Gasteiger partial charge in [-0.1, -0.05) is 37.0 Å². The van der Waals surface area contributed by atoms with Gasteiger partial charge in [0, 0.05) is 24.3 Å². The van der Waals surface area contributed by atoms with E-state index in [-0.39, 0.29) is 22.4 Å². The smallest absolute Gasteiger partial charge is 0.253 e. The van der Waals surface area contributed by atoms with Crippen molar-refractivity contribution >= 4 is 40.8 Å². The maximum absolute atomic E-state index is 12.4. The van der Waals surface area contributed by atoms with Crippen molar-refractivity contribution in [3.63, 3.8) is 0 Å². The second-order valence-corrected chi connectivity index (χ2v) is 6.53. The van der Waals surface area contributed by atoms with E-state index in [4.69, 9.17) is 23.2 Å². The highest BCUT2D eigenvalue weighted by atomic mass is 35.5. The van der Waals surface area contributed by atoms with Crippen molar-refractivity contribution in [2.45, 2.75) is 19.9 Å². The Kier molecular flexibility index (Phi) is 5.85. The van der Waals surface area contributed by atoms with Crippen molar-refractivity contribution in [1.29, 1.82) is 0 Å². The molecule has 1 aromatic carbocycles. The SMILES string of the molecule is CC(C)C(NC(=O)c1ccc(Cl)cc1Cl)C(=O)Nc1ccn(C)n1. The first-order valence-electron chi connectivity index (χ1n) is 7.34. The van der Waals surface area contributed by atoms with Crippen molar-refractivity contribution in [3.8, 4) is 0 Å². The van der Waals surface area contributed by atoms with Crippen molar-refractivity contribution < 1.29 is 9.59 Å². The zero-order chi connectivity index (χ0) is 17.9. The van der Waals surface area contributed by atoms with Crippen LogP contribution in [-0.2, 0) is 11.8 Å². The third-order valence-electron chi connectivity index (χ3n) is 3.38. The van der Waals surface area contributed by atoms with Crippen molar-refractivity contribution in [2.24, 2.45) is 13.0 Å². The molecule has 0 saturated heterocycles. The van der Waals surface area contributed by atoms with E-state index in [0.29, 0.717) is 10.8 Å². The van der Waals surface area contributed by atoms with Crippen LogP contribution in [0.1, 0.15) is 24.2 Å². The molecular formula is C16H18Cl2N4O2. The van der Waals surface area contributed by atoms with Gasteiger partial charge in [0.2, 0.25) is 5.91 Å². The molecule has 0 spiro atoms. The molecule has 0 bridgehead atoms. The van der Waals surface area contributed by atoms with E-state index in [1.807, 2.05) is 13.8 Å². The van der Waals surface area contributed by atoms with Crippen LogP contribution in [0.5, 0.6) is 0 Å². The van der Waals surface area contributed by atoms with Gasteiger partial charge in [-0.3, -0.25) is 14.3 Å². The Bertz CT molecular complexity index is 758. The minimum atomic E-state index is -0.730. The molecule has 0 aliphatic rings. The number of hydrogen-bond donors (Lipinski definition) is 2. The summed E-state index contributed by atoms with van der Waals surface area (Å²) in [4.78, 5) is 24.9. The Morgan fingerprint density at radius 1 is 1.21 bits per heavy atom. The average Bonchev–Trinajstić information content (AvgIpc) is 2.89. The van der Waals surface area contributed by atoms with Crippen LogP contribution in [0.3, 0.4) is 0 Å². The van der Waals surface area contributed by atoms with Crippen LogP contribution in [0.2, 0.25) is 10.0 Å². The van der Waals surface area contributed by atoms with Gasteiger partial charge in [-0.05, 0) is 24.1 Å². The molecule has 1 aromatic heterocycles.